The zero-order chi connectivity index (χ0) is 22.0. The quantitative estimate of drug-likeness (QED) is 0.518. The third-order valence-electron chi connectivity index (χ3n) is 5.66. The van der Waals surface area contributed by atoms with E-state index in [0.717, 1.165) is 31.0 Å². The fourth-order valence-corrected chi connectivity index (χ4v) is 4.59. The van der Waals surface area contributed by atoms with Crippen molar-refractivity contribution in [1.29, 1.82) is 0 Å². The van der Waals surface area contributed by atoms with Crippen molar-refractivity contribution >= 4 is 50.8 Å². The maximum Gasteiger partial charge on any atom is 0.329 e. The summed E-state index contributed by atoms with van der Waals surface area (Å²) in [6.07, 6.45) is 3.19. The molecule has 3 N–H and O–H groups in total. The molecule has 4 rings (SSSR count). The molecular weight excluding hydrogens is 484 g/mol. The Morgan fingerprint density at radius 1 is 1.19 bits per heavy atom. The fraction of sp³-hybridized carbons (Fsp3) is 0.364. The zero-order valence-corrected chi connectivity index (χ0v) is 19.2. The van der Waals surface area contributed by atoms with E-state index in [1.807, 2.05) is 0 Å². The lowest BCUT2D eigenvalue weighted by Gasteiger charge is -2.42. The van der Waals surface area contributed by atoms with E-state index in [4.69, 9.17) is 11.6 Å². The molecule has 0 bridgehead atoms. The van der Waals surface area contributed by atoms with Crippen LogP contribution in [0.4, 0.5) is 16.2 Å². The van der Waals surface area contributed by atoms with Gasteiger partial charge in [0.05, 0.1) is 5.69 Å². The summed E-state index contributed by atoms with van der Waals surface area (Å²) in [7, 11) is 0. The number of rotatable bonds is 6. The maximum atomic E-state index is 13.3. The smallest absolute Gasteiger partial charge is 0.329 e. The van der Waals surface area contributed by atoms with Crippen LogP contribution >= 0.6 is 27.5 Å². The van der Waals surface area contributed by atoms with Crippen LogP contribution in [0.3, 0.4) is 0 Å². The third kappa shape index (κ3) is 4.43. The first kappa shape index (κ1) is 22.1. The van der Waals surface area contributed by atoms with E-state index in [1.165, 1.54) is 12.8 Å². The van der Waals surface area contributed by atoms with Crippen LogP contribution in [0.25, 0.3) is 0 Å². The van der Waals surface area contributed by atoms with E-state index in [1.54, 1.807) is 42.5 Å². The largest absolute Gasteiger partial charge is 0.359 e. The SMILES string of the molecule is O=C1Nc2ccc(Br)cc2C(O)(C(=O)NCCCN2CCCC2)N1c1ccc(Cl)cc1. The third-order valence-corrected chi connectivity index (χ3v) is 6.41. The molecule has 1 saturated heterocycles. The average Bonchev–Trinajstić information content (AvgIpc) is 3.26. The van der Waals surface area contributed by atoms with Crippen LogP contribution in [-0.2, 0) is 10.5 Å². The Bertz CT molecular complexity index is 981. The number of hydrogen-bond donors (Lipinski definition) is 3. The van der Waals surface area contributed by atoms with Crippen LogP contribution in [0, 0.1) is 0 Å². The molecule has 0 aliphatic carbocycles. The van der Waals surface area contributed by atoms with E-state index in [9.17, 15) is 14.7 Å². The summed E-state index contributed by atoms with van der Waals surface area (Å²) >= 11 is 9.39. The second-order valence-corrected chi connectivity index (χ2v) is 9.11. The second kappa shape index (κ2) is 9.16. The molecule has 9 heteroatoms. The Morgan fingerprint density at radius 3 is 2.61 bits per heavy atom. The topological polar surface area (TPSA) is 84.9 Å². The van der Waals surface area contributed by atoms with Crippen LogP contribution in [0.2, 0.25) is 5.02 Å². The molecule has 2 aliphatic heterocycles. The minimum atomic E-state index is -2.22. The van der Waals surface area contributed by atoms with E-state index in [0.29, 0.717) is 27.4 Å². The maximum absolute atomic E-state index is 13.3. The van der Waals surface area contributed by atoms with Gasteiger partial charge in [-0.25, -0.2) is 4.79 Å². The highest BCUT2D eigenvalue weighted by molar-refractivity contribution is 9.10. The standard InChI is InChI=1S/C22H24BrClN4O3/c23-15-4-9-19-18(14-15)22(31,20(29)25-10-3-13-27-11-1-2-12-27)28(21(30)26-19)17-7-5-16(24)6-8-17/h4-9,14,31H,1-3,10-13H2,(H,25,29)(H,26,30). The summed E-state index contributed by atoms with van der Waals surface area (Å²) in [5.74, 6) is -0.655. The molecule has 1 atom stereocenters. The molecule has 0 radical (unpaired) electrons. The number of benzene rings is 2. The monoisotopic (exact) mass is 506 g/mol. The molecule has 0 saturated carbocycles. The van der Waals surface area contributed by atoms with Crippen LogP contribution in [0.1, 0.15) is 24.8 Å². The van der Waals surface area contributed by atoms with Gasteiger partial charge in [0.1, 0.15) is 0 Å². The number of halogens is 2. The molecule has 1 fully saturated rings. The number of nitrogens with zero attached hydrogens (tertiary/aromatic N) is 2. The number of carbonyl (C=O) groups excluding carboxylic acids is 2. The molecule has 164 valence electrons. The molecule has 7 nitrogen and oxygen atoms in total. The van der Waals surface area contributed by atoms with Gasteiger partial charge in [-0.1, -0.05) is 27.5 Å². The highest BCUT2D eigenvalue weighted by atomic mass is 79.9. The van der Waals surface area contributed by atoms with Gasteiger partial charge in [-0.2, -0.15) is 0 Å². The molecule has 0 aromatic heterocycles. The average molecular weight is 508 g/mol. The number of urea groups is 1. The highest BCUT2D eigenvalue weighted by Gasteiger charge is 2.52. The Labute approximate surface area is 194 Å². The summed E-state index contributed by atoms with van der Waals surface area (Å²) in [4.78, 5) is 29.7. The molecule has 1 unspecified atom stereocenters. The molecule has 31 heavy (non-hydrogen) atoms. The van der Waals surface area contributed by atoms with Gasteiger partial charge < -0.3 is 20.6 Å². The summed E-state index contributed by atoms with van der Waals surface area (Å²) in [5, 5.41) is 17.8. The Morgan fingerprint density at radius 2 is 1.90 bits per heavy atom. The number of likely N-dealkylation sites (tertiary alicyclic amines) is 1. The number of carbonyl (C=O) groups is 2. The fourth-order valence-electron chi connectivity index (χ4n) is 4.10. The van der Waals surface area contributed by atoms with Gasteiger partial charge in [0.15, 0.2) is 0 Å². The Balaban J connectivity index is 1.63. The summed E-state index contributed by atoms with van der Waals surface area (Å²) in [5.41, 5.74) is -1.20. The highest BCUT2D eigenvalue weighted by Crippen LogP contribution is 2.41. The van der Waals surface area contributed by atoms with Gasteiger partial charge >= 0.3 is 6.03 Å². The number of nitrogens with one attached hydrogen (secondary N) is 2. The summed E-state index contributed by atoms with van der Waals surface area (Å²) < 4.78 is 0.679. The van der Waals surface area contributed by atoms with Gasteiger partial charge in [-0.05, 0) is 81.4 Å². The summed E-state index contributed by atoms with van der Waals surface area (Å²) in [6.45, 7) is 3.47. The molecule has 2 aromatic carbocycles. The minimum absolute atomic E-state index is 0.286. The first-order valence-corrected chi connectivity index (χ1v) is 11.5. The van der Waals surface area contributed by atoms with Crippen molar-refractivity contribution in [2.45, 2.75) is 25.0 Å². The van der Waals surface area contributed by atoms with Gasteiger partial charge in [-0.3, -0.25) is 9.69 Å². The lowest BCUT2D eigenvalue weighted by Crippen LogP contribution is -2.62. The van der Waals surface area contributed by atoms with E-state index < -0.39 is 17.7 Å². The van der Waals surface area contributed by atoms with Crippen molar-refractivity contribution in [3.05, 3.63) is 57.5 Å². The molecule has 2 aromatic rings. The van der Waals surface area contributed by atoms with Crippen molar-refractivity contribution in [2.75, 3.05) is 36.4 Å². The van der Waals surface area contributed by atoms with Gasteiger partial charge in [-0.15, -0.1) is 0 Å². The van der Waals surface area contributed by atoms with Crippen molar-refractivity contribution in [2.24, 2.45) is 0 Å². The number of hydrogen-bond acceptors (Lipinski definition) is 4. The molecule has 2 heterocycles. The molecule has 2 aliphatic rings. The predicted octanol–water partition coefficient (Wildman–Crippen LogP) is 3.90. The second-order valence-electron chi connectivity index (χ2n) is 7.76. The number of anilines is 2. The summed E-state index contributed by atoms with van der Waals surface area (Å²) in [6, 6.07) is 10.8. The van der Waals surface area contributed by atoms with Crippen LogP contribution in [0.5, 0.6) is 0 Å². The number of amides is 3. The molecular formula is C22H24BrClN4O3. The number of fused-ring (bicyclic) bond motifs is 1. The first-order valence-electron chi connectivity index (χ1n) is 10.3. The normalized spacial score (nSPS) is 21.0. The molecule has 3 amide bonds. The Kier molecular flexibility index (Phi) is 6.52. The minimum Gasteiger partial charge on any atom is -0.359 e. The predicted molar refractivity (Wildman–Crippen MR) is 124 cm³/mol. The van der Waals surface area contributed by atoms with Gasteiger partial charge in [0.25, 0.3) is 11.6 Å². The van der Waals surface area contributed by atoms with E-state index >= 15 is 0 Å². The van der Waals surface area contributed by atoms with Crippen molar-refractivity contribution in [1.82, 2.24) is 10.2 Å². The van der Waals surface area contributed by atoms with Crippen molar-refractivity contribution in [3.8, 4) is 0 Å². The zero-order valence-electron chi connectivity index (χ0n) is 16.9. The number of aliphatic hydroxyl groups is 1. The lowest BCUT2D eigenvalue weighted by molar-refractivity contribution is -0.140. The van der Waals surface area contributed by atoms with Crippen LogP contribution < -0.4 is 15.5 Å². The van der Waals surface area contributed by atoms with Gasteiger partial charge in [0, 0.05) is 27.3 Å². The van der Waals surface area contributed by atoms with Crippen molar-refractivity contribution in [3.63, 3.8) is 0 Å². The first-order chi connectivity index (χ1) is 14.9. The van der Waals surface area contributed by atoms with Crippen molar-refractivity contribution < 1.29 is 14.7 Å². The van der Waals surface area contributed by atoms with E-state index in [2.05, 4.69) is 31.5 Å². The van der Waals surface area contributed by atoms with Crippen LogP contribution in [-0.4, -0.2) is 48.1 Å². The van der Waals surface area contributed by atoms with E-state index in [-0.39, 0.29) is 5.56 Å². The Hall–Kier alpha value is -2.13. The van der Waals surface area contributed by atoms with Gasteiger partial charge in [0.2, 0.25) is 0 Å². The van der Waals surface area contributed by atoms with Crippen LogP contribution in [0.15, 0.2) is 46.9 Å². The molecule has 0 spiro atoms. The lowest BCUT2D eigenvalue weighted by atomic mass is 9.94.